The molecule has 0 amide bonds. The van der Waals surface area contributed by atoms with E-state index in [1.165, 1.54) is 32.1 Å². The zero-order chi connectivity index (χ0) is 12.9. The zero-order valence-electron chi connectivity index (χ0n) is 12.0. The van der Waals surface area contributed by atoms with Crippen molar-refractivity contribution in [3.63, 3.8) is 0 Å². The van der Waals surface area contributed by atoms with Crippen LogP contribution in [0.15, 0.2) is 0 Å². The first-order chi connectivity index (χ1) is 8.02. The Morgan fingerprint density at radius 1 is 1.12 bits per heavy atom. The van der Waals surface area contributed by atoms with Crippen molar-refractivity contribution in [2.45, 2.75) is 77.7 Å². The molecule has 0 aromatic heterocycles. The maximum Gasteiger partial charge on any atom is 0.0735 e. The van der Waals surface area contributed by atoms with Gasteiger partial charge in [0.15, 0.2) is 0 Å². The summed E-state index contributed by atoms with van der Waals surface area (Å²) in [7, 11) is 0. The average molecular weight is 241 g/mol. The Hall–Kier alpha value is -0.0800. The molecule has 102 valence electrons. The van der Waals surface area contributed by atoms with Gasteiger partial charge >= 0.3 is 0 Å². The minimum absolute atomic E-state index is 0.0453. The van der Waals surface area contributed by atoms with Crippen LogP contribution in [0.2, 0.25) is 0 Å². The van der Waals surface area contributed by atoms with Crippen LogP contribution in [0.25, 0.3) is 0 Å². The van der Waals surface area contributed by atoms with Crippen molar-refractivity contribution in [2.75, 3.05) is 6.54 Å². The molecule has 0 saturated heterocycles. The van der Waals surface area contributed by atoms with Crippen LogP contribution in [0.4, 0.5) is 0 Å². The molecule has 17 heavy (non-hydrogen) atoms. The Labute approximate surface area is 107 Å². The number of nitrogens with two attached hydrogens (primary N) is 1. The fourth-order valence-electron chi connectivity index (χ4n) is 3.79. The van der Waals surface area contributed by atoms with Crippen molar-refractivity contribution in [3.05, 3.63) is 0 Å². The van der Waals surface area contributed by atoms with E-state index in [0.29, 0.717) is 6.54 Å². The molecule has 0 bridgehead atoms. The lowest BCUT2D eigenvalue weighted by Crippen LogP contribution is -2.55. The Morgan fingerprint density at radius 2 is 1.59 bits per heavy atom. The molecule has 1 atom stereocenters. The van der Waals surface area contributed by atoms with Gasteiger partial charge in [-0.15, -0.1) is 0 Å². The zero-order valence-corrected chi connectivity index (χ0v) is 12.0. The van der Waals surface area contributed by atoms with Crippen molar-refractivity contribution in [3.8, 4) is 0 Å². The van der Waals surface area contributed by atoms with Gasteiger partial charge in [-0.1, -0.05) is 52.9 Å². The molecule has 0 radical (unpaired) electrons. The second kappa shape index (κ2) is 6.19. The normalized spacial score (nSPS) is 25.1. The first-order valence-electron chi connectivity index (χ1n) is 7.45. The van der Waals surface area contributed by atoms with E-state index < -0.39 is 5.60 Å². The predicted octanol–water partition coefficient (Wildman–Crippen LogP) is 3.47. The molecule has 1 unspecified atom stereocenters. The van der Waals surface area contributed by atoms with Gasteiger partial charge in [0.2, 0.25) is 0 Å². The molecule has 0 aromatic rings. The lowest BCUT2D eigenvalue weighted by Gasteiger charge is -2.50. The molecule has 3 N–H and O–H groups in total. The molecule has 0 heterocycles. The molecule has 0 aliphatic heterocycles. The van der Waals surface area contributed by atoms with Gasteiger partial charge in [0.25, 0.3) is 0 Å². The van der Waals surface area contributed by atoms with Crippen LogP contribution >= 0.6 is 0 Å². The summed E-state index contributed by atoms with van der Waals surface area (Å²) in [5.74, 6) is 0.287. The van der Waals surface area contributed by atoms with E-state index >= 15 is 0 Å². The van der Waals surface area contributed by atoms with Crippen molar-refractivity contribution in [2.24, 2.45) is 17.1 Å². The van der Waals surface area contributed by atoms with E-state index in [9.17, 15) is 5.11 Å². The molecule has 2 nitrogen and oxygen atoms in total. The van der Waals surface area contributed by atoms with Crippen molar-refractivity contribution in [1.29, 1.82) is 0 Å². The summed E-state index contributed by atoms with van der Waals surface area (Å²) in [5.41, 5.74) is 5.47. The van der Waals surface area contributed by atoms with E-state index in [4.69, 9.17) is 5.73 Å². The maximum atomic E-state index is 11.1. The van der Waals surface area contributed by atoms with E-state index in [0.717, 1.165) is 19.3 Å². The van der Waals surface area contributed by atoms with Gasteiger partial charge in [-0.2, -0.15) is 0 Å². The minimum Gasteiger partial charge on any atom is -0.389 e. The quantitative estimate of drug-likeness (QED) is 0.791. The third-order valence-corrected chi connectivity index (χ3v) is 5.11. The predicted molar refractivity (Wildman–Crippen MR) is 73.9 cm³/mol. The Morgan fingerprint density at radius 3 is 1.94 bits per heavy atom. The van der Waals surface area contributed by atoms with Gasteiger partial charge in [-0.05, 0) is 25.2 Å². The lowest BCUT2D eigenvalue weighted by atomic mass is 9.60. The fraction of sp³-hybridized carbons (Fsp3) is 1.00. The topological polar surface area (TPSA) is 46.2 Å². The van der Waals surface area contributed by atoms with Crippen LogP contribution in [0.5, 0.6) is 0 Å². The maximum absolute atomic E-state index is 11.1. The van der Waals surface area contributed by atoms with Crippen molar-refractivity contribution >= 4 is 0 Å². The van der Waals surface area contributed by atoms with Crippen LogP contribution in [-0.2, 0) is 0 Å². The van der Waals surface area contributed by atoms with Gasteiger partial charge in [-0.25, -0.2) is 0 Å². The number of rotatable bonds is 4. The molecular formula is C15H31NO. The number of hydrogen-bond acceptors (Lipinski definition) is 2. The monoisotopic (exact) mass is 241 g/mol. The van der Waals surface area contributed by atoms with E-state index in [1.54, 1.807) is 0 Å². The minimum atomic E-state index is -0.584. The average Bonchev–Trinajstić information content (AvgIpc) is 2.28. The Kier molecular flexibility index (Phi) is 5.46. The van der Waals surface area contributed by atoms with Gasteiger partial charge in [0, 0.05) is 12.0 Å². The van der Waals surface area contributed by atoms with Crippen LogP contribution in [0.3, 0.4) is 0 Å². The molecular weight excluding hydrogens is 210 g/mol. The third kappa shape index (κ3) is 2.85. The van der Waals surface area contributed by atoms with E-state index in [2.05, 4.69) is 20.8 Å². The van der Waals surface area contributed by atoms with Gasteiger partial charge in [-0.3, -0.25) is 0 Å². The highest BCUT2D eigenvalue weighted by atomic mass is 16.3. The summed E-state index contributed by atoms with van der Waals surface area (Å²) in [6.07, 6.45) is 9.45. The molecule has 1 aliphatic carbocycles. The van der Waals surface area contributed by atoms with Crippen LogP contribution in [0, 0.1) is 11.3 Å². The van der Waals surface area contributed by atoms with Crippen LogP contribution < -0.4 is 5.73 Å². The Balaban J connectivity index is 2.96. The van der Waals surface area contributed by atoms with E-state index in [1.807, 2.05) is 0 Å². The SMILES string of the molecule is CCC(O)(C(C)C)C1(CN)CCCCCCC1. The van der Waals surface area contributed by atoms with E-state index in [-0.39, 0.29) is 11.3 Å². The summed E-state index contributed by atoms with van der Waals surface area (Å²) < 4.78 is 0. The second-order valence-corrected chi connectivity index (χ2v) is 6.18. The molecule has 1 rings (SSSR count). The first kappa shape index (κ1) is 15.0. The highest BCUT2D eigenvalue weighted by Gasteiger charge is 2.49. The molecule has 0 aromatic carbocycles. The largest absolute Gasteiger partial charge is 0.389 e. The van der Waals surface area contributed by atoms with Crippen molar-refractivity contribution < 1.29 is 5.11 Å². The first-order valence-corrected chi connectivity index (χ1v) is 7.45. The van der Waals surface area contributed by atoms with Gasteiger partial charge < -0.3 is 10.8 Å². The summed E-state index contributed by atoms with van der Waals surface area (Å²) in [6, 6.07) is 0. The number of aliphatic hydroxyl groups is 1. The molecule has 0 spiro atoms. The smallest absolute Gasteiger partial charge is 0.0735 e. The van der Waals surface area contributed by atoms with Gasteiger partial charge in [0.05, 0.1) is 5.60 Å². The molecule has 1 fully saturated rings. The number of hydrogen-bond donors (Lipinski definition) is 2. The van der Waals surface area contributed by atoms with Crippen molar-refractivity contribution in [1.82, 2.24) is 0 Å². The summed E-state index contributed by atoms with van der Waals surface area (Å²) in [5, 5.41) is 11.1. The standard InChI is InChI=1S/C15H31NO/c1-4-15(17,13(2)3)14(12-16)10-8-6-5-7-9-11-14/h13,17H,4-12,16H2,1-3H3. The molecule has 1 saturated carbocycles. The van der Waals surface area contributed by atoms with Gasteiger partial charge in [0.1, 0.15) is 0 Å². The lowest BCUT2D eigenvalue weighted by molar-refractivity contribution is -0.128. The second-order valence-electron chi connectivity index (χ2n) is 6.18. The summed E-state index contributed by atoms with van der Waals surface area (Å²) in [6.45, 7) is 7.02. The van der Waals surface area contributed by atoms with Crippen LogP contribution in [-0.4, -0.2) is 17.3 Å². The highest BCUT2D eigenvalue weighted by molar-refractivity contribution is 5.01. The summed E-state index contributed by atoms with van der Waals surface area (Å²) >= 11 is 0. The molecule has 2 heteroatoms. The third-order valence-electron chi connectivity index (χ3n) is 5.11. The highest BCUT2D eigenvalue weighted by Crippen LogP contribution is 2.47. The summed E-state index contributed by atoms with van der Waals surface area (Å²) in [4.78, 5) is 0. The molecule has 1 aliphatic rings. The Bertz CT molecular complexity index is 219. The fourth-order valence-corrected chi connectivity index (χ4v) is 3.79. The van der Waals surface area contributed by atoms with Crippen LogP contribution in [0.1, 0.15) is 72.1 Å².